The average Bonchev–Trinajstić information content (AvgIpc) is 2.97. The molecular weight excluding hydrogens is 370 g/mol. The number of hydrogen-bond donors (Lipinski definition) is 1. The van der Waals surface area contributed by atoms with Gasteiger partial charge in [0.2, 0.25) is 5.91 Å². The smallest absolute Gasteiger partial charge is 0.227 e. The normalized spacial score (nSPS) is 11.6. The van der Waals surface area contributed by atoms with E-state index in [1.165, 1.54) is 12.1 Å². The molecule has 0 aliphatic heterocycles. The van der Waals surface area contributed by atoms with E-state index in [1.54, 1.807) is 6.07 Å². The highest BCUT2D eigenvalue weighted by molar-refractivity contribution is 7.91. The van der Waals surface area contributed by atoms with Crippen LogP contribution in [0.2, 0.25) is 0 Å². The number of thiazole rings is 1. The Bertz CT molecular complexity index is 1030. The van der Waals surface area contributed by atoms with Gasteiger partial charge in [-0.25, -0.2) is 22.2 Å². The molecule has 0 bridgehead atoms. The molecule has 0 unspecified atom stereocenters. The van der Waals surface area contributed by atoms with Gasteiger partial charge in [0.15, 0.2) is 15.0 Å². The van der Waals surface area contributed by atoms with Crippen molar-refractivity contribution in [2.45, 2.75) is 11.3 Å². The minimum atomic E-state index is -3.70. The maximum absolute atomic E-state index is 13.6. The second-order valence-corrected chi connectivity index (χ2v) is 8.32. The number of nitrogens with zero attached hydrogens (tertiary/aromatic N) is 1. The lowest BCUT2D eigenvalue weighted by Gasteiger charge is -2.04. The summed E-state index contributed by atoms with van der Waals surface area (Å²) in [6, 6.07) is 8.87. The van der Waals surface area contributed by atoms with Gasteiger partial charge in [-0.1, -0.05) is 17.4 Å². The van der Waals surface area contributed by atoms with E-state index in [0.717, 1.165) is 35.6 Å². The fourth-order valence-electron chi connectivity index (χ4n) is 2.14. The van der Waals surface area contributed by atoms with Crippen LogP contribution in [0.3, 0.4) is 0 Å². The summed E-state index contributed by atoms with van der Waals surface area (Å²) in [4.78, 5) is 15.9. The van der Waals surface area contributed by atoms with Crippen LogP contribution in [0.1, 0.15) is 6.42 Å². The average molecular weight is 382 g/mol. The fraction of sp³-hybridized carbons (Fsp3) is 0.125. The molecule has 5 nitrogen and oxygen atoms in total. The zero-order chi connectivity index (χ0) is 18.0. The Kier molecular flexibility index (Phi) is 4.78. The van der Waals surface area contributed by atoms with Crippen molar-refractivity contribution in [1.29, 1.82) is 0 Å². The predicted octanol–water partition coefficient (Wildman–Crippen LogP) is 3.38. The summed E-state index contributed by atoms with van der Waals surface area (Å²) in [5.41, 5.74) is 0.154. The van der Waals surface area contributed by atoms with E-state index in [-0.39, 0.29) is 22.0 Å². The lowest BCUT2D eigenvalue weighted by molar-refractivity contribution is -0.115. The van der Waals surface area contributed by atoms with Crippen LogP contribution >= 0.6 is 11.3 Å². The predicted molar refractivity (Wildman–Crippen MR) is 91.3 cm³/mol. The van der Waals surface area contributed by atoms with Crippen LogP contribution in [0.4, 0.5) is 13.9 Å². The van der Waals surface area contributed by atoms with E-state index < -0.39 is 33.1 Å². The third-order valence-electron chi connectivity index (χ3n) is 3.39. The van der Waals surface area contributed by atoms with E-state index in [2.05, 4.69) is 10.3 Å². The number of anilines is 1. The van der Waals surface area contributed by atoms with E-state index >= 15 is 0 Å². The van der Waals surface area contributed by atoms with Gasteiger partial charge >= 0.3 is 0 Å². The Hall–Kier alpha value is -2.39. The summed E-state index contributed by atoms with van der Waals surface area (Å²) < 4.78 is 51.3. The highest BCUT2D eigenvalue weighted by Crippen LogP contribution is 2.27. The van der Waals surface area contributed by atoms with Gasteiger partial charge in [-0.2, -0.15) is 0 Å². The molecule has 0 spiro atoms. The van der Waals surface area contributed by atoms with Crippen LogP contribution in [-0.4, -0.2) is 25.1 Å². The molecule has 2 aromatic carbocycles. The van der Waals surface area contributed by atoms with E-state index in [0.29, 0.717) is 4.70 Å². The summed E-state index contributed by atoms with van der Waals surface area (Å²) in [5.74, 6) is -2.01. The molecule has 0 saturated heterocycles. The molecule has 0 saturated carbocycles. The summed E-state index contributed by atoms with van der Waals surface area (Å²) in [5, 5.41) is 2.67. The number of carbonyl (C=O) groups excluding carboxylic acids is 1. The Morgan fingerprint density at radius 2 is 1.84 bits per heavy atom. The van der Waals surface area contributed by atoms with Gasteiger partial charge < -0.3 is 5.32 Å². The van der Waals surface area contributed by atoms with Crippen molar-refractivity contribution in [3.8, 4) is 0 Å². The first-order valence-electron chi connectivity index (χ1n) is 7.18. The molecule has 1 aromatic heterocycles. The SMILES string of the molecule is O=C(CCS(=O)(=O)c1ccc(F)cc1)Nc1nc2c(F)cccc2s1. The van der Waals surface area contributed by atoms with Crippen LogP contribution in [0, 0.1) is 11.6 Å². The molecule has 0 fully saturated rings. The Morgan fingerprint density at radius 1 is 1.12 bits per heavy atom. The first kappa shape index (κ1) is 17.4. The number of aromatic nitrogens is 1. The first-order valence-corrected chi connectivity index (χ1v) is 9.65. The molecule has 1 N–H and O–H groups in total. The number of nitrogens with one attached hydrogen (secondary N) is 1. The minimum Gasteiger partial charge on any atom is -0.302 e. The van der Waals surface area contributed by atoms with Crippen molar-refractivity contribution in [2.24, 2.45) is 0 Å². The molecule has 130 valence electrons. The van der Waals surface area contributed by atoms with Crippen molar-refractivity contribution >= 4 is 42.4 Å². The van der Waals surface area contributed by atoms with Crippen LogP contribution in [0.25, 0.3) is 10.2 Å². The lowest BCUT2D eigenvalue weighted by Crippen LogP contribution is -2.17. The monoisotopic (exact) mass is 382 g/mol. The fourth-order valence-corrected chi connectivity index (χ4v) is 4.27. The number of para-hydroxylation sites is 1. The molecule has 3 aromatic rings. The molecule has 0 aliphatic rings. The van der Waals surface area contributed by atoms with Gasteiger partial charge in [0.25, 0.3) is 0 Å². The number of halogens is 2. The van der Waals surface area contributed by atoms with Crippen molar-refractivity contribution in [3.63, 3.8) is 0 Å². The number of hydrogen-bond acceptors (Lipinski definition) is 5. The van der Waals surface area contributed by atoms with Crippen molar-refractivity contribution in [1.82, 2.24) is 4.98 Å². The number of fused-ring (bicyclic) bond motifs is 1. The molecule has 0 atom stereocenters. The summed E-state index contributed by atoms with van der Waals surface area (Å²) in [6.07, 6.45) is -0.294. The number of rotatable bonds is 5. The molecule has 0 radical (unpaired) electrons. The first-order chi connectivity index (χ1) is 11.8. The van der Waals surface area contributed by atoms with E-state index in [4.69, 9.17) is 0 Å². The van der Waals surface area contributed by atoms with E-state index in [1.807, 2.05) is 0 Å². The van der Waals surface area contributed by atoms with Crippen molar-refractivity contribution in [3.05, 3.63) is 54.1 Å². The molecule has 3 rings (SSSR count). The number of benzene rings is 2. The molecular formula is C16H12F2N2O3S2. The van der Waals surface area contributed by atoms with Gasteiger partial charge in [0, 0.05) is 6.42 Å². The second kappa shape index (κ2) is 6.85. The number of carbonyl (C=O) groups is 1. The Labute approximate surface area is 146 Å². The topological polar surface area (TPSA) is 76.1 Å². The van der Waals surface area contributed by atoms with Crippen LogP contribution in [-0.2, 0) is 14.6 Å². The maximum Gasteiger partial charge on any atom is 0.227 e. The Balaban J connectivity index is 1.65. The summed E-state index contributed by atoms with van der Waals surface area (Å²) in [7, 11) is -3.70. The van der Waals surface area contributed by atoms with Gasteiger partial charge in [0.05, 0.1) is 15.3 Å². The van der Waals surface area contributed by atoms with E-state index in [9.17, 15) is 22.0 Å². The van der Waals surface area contributed by atoms with Gasteiger partial charge in [-0.05, 0) is 36.4 Å². The third-order valence-corrected chi connectivity index (χ3v) is 6.05. The maximum atomic E-state index is 13.6. The van der Waals surface area contributed by atoms with Crippen molar-refractivity contribution < 1.29 is 22.0 Å². The highest BCUT2D eigenvalue weighted by Gasteiger charge is 2.17. The molecule has 25 heavy (non-hydrogen) atoms. The van der Waals surface area contributed by atoms with Gasteiger partial charge in [0.1, 0.15) is 17.2 Å². The van der Waals surface area contributed by atoms with Crippen molar-refractivity contribution in [2.75, 3.05) is 11.1 Å². The molecule has 9 heteroatoms. The summed E-state index contributed by atoms with van der Waals surface area (Å²) in [6.45, 7) is 0. The minimum absolute atomic E-state index is 0.0521. The standard InChI is InChI=1S/C16H12F2N2O3S2/c17-10-4-6-11(7-5-10)25(22,23)9-8-14(21)19-16-20-15-12(18)2-1-3-13(15)24-16/h1-7H,8-9H2,(H,19,20,21). The molecule has 1 heterocycles. The Morgan fingerprint density at radius 3 is 2.52 bits per heavy atom. The number of sulfone groups is 1. The zero-order valence-corrected chi connectivity index (χ0v) is 14.3. The van der Waals surface area contributed by atoms with Gasteiger partial charge in [-0.15, -0.1) is 0 Å². The lowest BCUT2D eigenvalue weighted by atomic mass is 10.3. The van der Waals surface area contributed by atoms with Gasteiger partial charge in [-0.3, -0.25) is 4.79 Å². The summed E-state index contributed by atoms with van der Waals surface area (Å²) >= 11 is 1.10. The molecule has 1 amide bonds. The van der Waals surface area contributed by atoms with Crippen LogP contribution in [0.5, 0.6) is 0 Å². The van der Waals surface area contributed by atoms with Crippen LogP contribution in [0.15, 0.2) is 47.4 Å². The highest BCUT2D eigenvalue weighted by atomic mass is 32.2. The number of amides is 1. The van der Waals surface area contributed by atoms with Crippen LogP contribution < -0.4 is 5.32 Å². The largest absolute Gasteiger partial charge is 0.302 e. The third kappa shape index (κ3) is 3.99. The quantitative estimate of drug-likeness (QED) is 0.687. The second-order valence-electron chi connectivity index (χ2n) is 5.18. The molecule has 0 aliphatic carbocycles. The zero-order valence-electron chi connectivity index (χ0n) is 12.7.